The van der Waals surface area contributed by atoms with Gasteiger partial charge in [-0.25, -0.2) is 4.98 Å². The summed E-state index contributed by atoms with van der Waals surface area (Å²) in [5.74, 6) is 0.631. The average Bonchev–Trinajstić information content (AvgIpc) is 3.24. The lowest BCUT2D eigenvalue weighted by molar-refractivity contribution is -0.0369. The molecule has 0 aliphatic rings. The third-order valence-electron chi connectivity index (χ3n) is 4.57. The van der Waals surface area contributed by atoms with Gasteiger partial charge in [0.15, 0.2) is 0 Å². The average molecular weight is 432 g/mol. The van der Waals surface area contributed by atoms with Crippen LogP contribution in [0.4, 0.5) is 5.69 Å². The lowest BCUT2D eigenvalue weighted by atomic mass is 10.1. The molecule has 2 aromatic carbocycles. The molecule has 3 N–H and O–H groups in total. The molecule has 0 saturated carbocycles. The maximum absolute atomic E-state index is 9.86. The third kappa shape index (κ3) is 7.08. The number of halogens is 1. The van der Waals surface area contributed by atoms with Gasteiger partial charge >= 0.3 is 0 Å². The molecule has 0 amide bonds. The molecule has 1 aromatic heterocycles. The van der Waals surface area contributed by atoms with Gasteiger partial charge in [-0.05, 0) is 42.7 Å². The second-order valence-electron chi connectivity index (χ2n) is 6.84. The molecule has 0 radical (unpaired) electrons. The Labute approximate surface area is 180 Å². The molecule has 3 rings (SSSR count). The second-order valence-corrected chi connectivity index (χ2v) is 8.33. The largest absolute Gasteiger partial charge is 0.398 e. The van der Waals surface area contributed by atoms with Crippen molar-refractivity contribution in [1.82, 2.24) is 9.55 Å². The number of rotatable bonds is 11. The molecule has 1 heterocycles. The van der Waals surface area contributed by atoms with Gasteiger partial charge in [-0.1, -0.05) is 35.9 Å². The first-order valence-electron chi connectivity index (χ1n) is 9.58. The molecular formula is C22H26ClN3O2S. The van der Waals surface area contributed by atoms with E-state index in [1.165, 1.54) is 5.56 Å². The highest BCUT2D eigenvalue weighted by atomic mass is 35.5. The van der Waals surface area contributed by atoms with Crippen molar-refractivity contribution in [2.75, 3.05) is 18.1 Å². The molecule has 3 aromatic rings. The normalized spacial score (nSPS) is 13.3. The number of aryl methyl sites for hydroxylation is 1. The fourth-order valence-corrected chi connectivity index (χ4v) is 4.10. The van der Waals surface area contributed by atoms with Crippen LogP contribution in [0.1, 0.15) is 12.0 Å². The molecule has 154 valence electrons. The van der Waals surface area contributed by atoms with Crippen molar-refractivity contribution in [3.8, 4) is 0 Å². The Morgan fingerprint density at radius 2 is 1.93 bits per heavy atom. The summed E-state index contributed by atoms with van der Waals surface area (Å²) in [5, 5.41) is 10.6. The number of aliphatic hydroxyl groups is 1. The zero-order valence-electron chi connectivity index (χ0n) is 16.2. The minimum absolute atomic E-state index is 0.0406. The van der Waals surface area contributed by atoms with E-state index in [-0.39, 0.29) is 18.8 Å². The van der Waals surface area contributed by atoms with E-state index in [1.807, 2.05) is 59.3 Å². The van der Waals surface area contributed by atoms with Crippen LogP contribution in [0.3, 0.4) is 0 Å². The van der Waals surface area contributed by atoms with Gasteiger partial charge in [0.25, 0.3) is 0 Å². The van der Waals surface area contributed by atoms with E-state index in [4.69, 9.17) is 22.1 Å². The Hall–Kier alpha value is -1.99. The number of aromatic nitrogens is 2. The molecule has 0 saturated heterocycles. The zero-order chi connectivity index (χ0) is 20.5. The molecule has 2 atom stereocenters. The highest BCUT2D eigenvalue weighted by Crippen LogP contribution is 2.26. The quantitative estimate of drug-likeness (QED) is 0.350. The highest BCUT2D eigenvalue weighted by Gasteiger charge is 2.18. The maximum atomic E-state index is 9.86. The summed E-state index contributed by atoms with van der Waals surface area (Å²) in [7, 11) is 0. The number of thioether (sulfide) groups is 1. The molecule has 5 nitrogen and oxygen atoms in total. The Balaban J connectivity index is 1.60. The number of imidazole rings is 1. The number of para-hydroxylation sites is 1. The van der Waals surface area contributed by atoms with E-state index in [9.17, 15) is 5.11 Å². The van der Waals surface area contributed by atoms with Gasteiger partial charge in [0.2, 0.25) is 0 Å². The number of hydrogen-bond donors (Lipinski definition) is 2. The highest BCUT2D eigenvalue weighted by molar-refractivity contribution is 7.99. The van der Waals surface area contributed by atoms with Gasteiger partial charge < -0.3 is 20.1 Å². The van der Waals surface area contributed by atoms with Gasteiger partial charge in [0, 0.05) is 40.3 Å². The molecule has 1 unspecified atom stereocenters. The zero-order valence-corrected chi connectivity index (χ0v) is 17.7. The van der Waals surface area contributed by atoms with Crippen molar-refractivity contribution in [2.24, 2.45) is 0 Å². The number of ether oxygens (including phenoxy) is 1. The minimum atomic E-state index is -0.279. The number of anilines is 1. The van der Waals surface area contributed by atoms with Crippen LogP contribution in [0.15, 0.2) is 72.1 Å². The van der Waals surface area contributed by atoms with Gasteiger partial charge in [0.1, 0.15) is 0 Å². The van der Waals surface area contributed by atoms with Crippen molar-refractivity contribution in [3.05, 3.63) is 77.8 Å². The van der Waals surface area contributed by atoms with Gasteiger partial charge in [0.05, 0.1) is 25.1 Å². The van der Waals surface area contributed by atoms with E-state index in [2.05, 4.69) is 4.98 Å². The number of nitrogen functional groups attached to an aromatic ring is 1. The smallest absolute Gasteiger partial charge is 0.0946 e. The summed E-state index contributed by atoms with van der Waals surface area (Å²) >= 11 is 7.58. The van der Waals surface area contributed by atoms with E-state index in [0.717, 1.165) is 28.4 Å². The Bertz CT molecular complexity index is 859. The van der Waals surface area contributed by atoms with E-state index < -0.39 is 0 Å². The number of benzene rings is 2. The van der Waals surface area contributed by atoms with Crippen molar-refractivity contribution < 1.29 is 9.84 Å². The van der Waals surface area contributed by atoms with Crippen molar-refractivity contribution in [2.45, 2.75) is 36.5 Å². The summed E-state index contributed by atoms with van der Waals surface area (Å²) in [5.41, 5.74) is 7.97. The first kappa shape index (κ1) is 21.7. The van der Waals surface area contributed by atoms with Crippen LogP contribution in [-0.4, -0.2) is 39.2 Å². The minimum Gasteiger partial charge on any atom is -0.398 e. The molecule has 0 spiro atoms. The Kier molecular flexibility index (Phi) is 8.43. The van der Waals surface area contributed by atoms with Crippen LogP contribution >= 0.6 is 23.4 Å². The van der Waals surface area contributed by atoms with Crippen molar-refractivity contribution in [3.63, 3.8) is 0 Å². The van der Waals surface area contributed by atoms with Crippen LogP contribution in [0, 0.1) is 0 Å². The van der Waals surface area contributed by atoms with Crippen LogP contribution in [-0.2, 0) is 17.7 Å². The third-order valence-corrected chi connectivity index (χ3v) is 6.05. The monoisotopic (exact) mass is 431 g/mol. The maximum Gasteiger partial charge on any atom is 0.0946 e. The van der Waals surface area contributed by atoms with Gasteiger partial charge in [-0.2, -0.15) is 0 Å². The second kappa shape index (κ2) is 11.3. The predicted molar refractivity (Wildman–Crippen MR) is 119 cm³/mol. The molecule has 0 bridgehead atoms. The first-order chi connectivity index (χ1) is 14.1. The summed E-state index contributed by atoms with van der Waals surface area (Å²) in [4.78, 5) is 5.12. The lowest BCUT2D eigenvalue weighted by Crippen LogP contribution is -2.30. The summed E-state index contributed by atoms with van der Waals surface area (Å²) < 4.78 is 8.30. The SMILES string of the molecule is Nc1ccccc1SC[C@@H](CO)OC(CCc1ccc(Cl)cc1)Cn1ccnc1. The molecule has 0 aliphatic carbocycles. The summed E-state index contributed by atoms with van der Waals surface area (Å²) in [6.07, 6.45) is 6.83. The topological polar surface area (TPSA) is 73.3 Å². The van der Waals surface area contributed by atoms with Crippen molar-refractivity contribution >= 4 is 29.1 Å². The van der Waals surface area contributed by atoms with E-state index >= 15 is 0 Å². The standard InChI is InChI=1S/C22H26ClN3O2S/c23-18-8-5-17(6-9-18)7-10-19(13-26-12-11-25-16-26)28-20(14-27)15-29-22-4-2-1-3-21(22)24/h1-6,8-9,11-12,16,19-20,27H,7,10,13-15,24H2/t19?,20-/m1/s1. The number of hydrogen-bond acceptors (Lipinski definition) is 5. The van der Waals surface area contributed by atoms with Crippen LogP contribution in [0.25, 0.3) is 0 Å². The molecule has 0 fully saturated rings. The summed E-state index contributed by atoms with van der Waals surface area (Å²) in [6, 6.07) is 15.6. The van der Waals surface area contributed by atoms with Crippen molar-refractivity contribution in [1.29, 1.82) is 0 Å². The predicted octanol–water partition coefficient (Wildman–Crippen LogP) is 4.29. The van der Waals surface area contributed by atoms with E-state index in [0.29, 0.717) is 12.3 Å². The molecule has 29 heavy (non-hydrogen) atoms. The lowest BCUT2D eigenvalue weighted by Gasteiger charge is -2.24. The molecular weight excluding hydrogens is 406 g/mol. The van der Waals surface area contributed by atoms with Crippen LogP contribution in [0.5, 0.6) is 0 Å². The Morgan fingerprint density at radius 1 is 1.14 bits per heavy atom. The van der Waals surface area contributed by atoms with Gasteiger partial charge in [-0.3, -0.25) is 0 Å². The molecule has 0 aliphatic heterocycles. The van der Waals surface area contributed by atoms with E-state index in [1.54, 1.807) is 24.3 Å². The van der Waals surface area contributed by atoms with Crippen LogP contribution in [0.2, 0.25) is 5.02 Å². The number of nitrogens with two attached hydrogens (primary N) is 1. The first-order valence-corrected chi connectivity index (χ1v) is 10.9. The van der Waals surface area contributed by atoms with Gasteiger partial charge in [-0.15, -0.1) is 11.8 Å². The fraction of sp³-hybridized carbons (Fsp3) is 0.318. The number of nitrogens with zero attached hydrogens (tertiary/aromatic N) is 2. The Morgan fingerprint density at radius 3 is 2.62 bits per heavy atom. The fourth-order valence-electron chi connectivity index (χ4n) is 3.01. The summed E-state index contributed by atoms with van der Waals surface area (Å²) in [6.45, 7) is 0.642. The van der Waals surface area contributed by atoms with Crippen LogP contribution < -0.4 is 5.73 Å². The number of aliphatic hydroxyl groups excluding tert-OH is 1. The molecule has 7 heteroatoms.